The highest BCUT2D eigenvalue weighted by molar-refractivity contribution is 7.80. The Balaban J connectivity index is 1.18. The molecule has 13 heteroatoms. The SMILES string of the molecule is COc1ccc(C(C)C)c(NC(=S)NC(=O)NCCCCc2ccc(-c3ncn(-c4ccc(OC(F)(F)F)cc4)n3)cc2)c1. The molecule has 0 spiro atoms. The van der Waals surface area contributed by atoms with Gasteiger partial charge < -0.3 is 20.1 Å². The molecule has 0 aliphatic rings. The summed E-state index contributed by atoms with van der Waals surface area (Å²) in [6.07, 6.45) is -0.778. The summed E-state index contributed by atoms with van der Waals surface area (Å²) in [6.45, 7) is 4.64. The Morgan fingerprint density at radius 3 is 2.36 bits per heavy atom. The van der Waals surface area contributed by atoms with Gasteiger partial charge in [-0.15, -0.1) is 18.3 Å². The number of rotatable bonds is 11. The number of nitrogens with one attached hydrogen (secondary N) is 3. The number of anilines is 1. The fourth-order valence-electron chi connectivity index (χ4n) is 4.37. The van der Waals surface area contributed by atoms with E-state index in [1.54, 1.807) is 7.11 Å². The summed E-state index contributed by atoms with van der Waals surface area (Å²) in [5.41, 5.74) is 4.33. The molecule has 0 aliphatic carbocycles. The van der Waals surface area contributed by atoms with Crippen molar-refractivity contribution in [2.75, 3.05) is 19.0 Å². The molecule has 0 saturated carbocycles. The second-order valence-electron chi connectivity index (χ2n) is 10.2. The van der Waals surface area contributed by atoms with Crippen LogP contribution in [0.1, 0.15) is 43.7 Å². The van der Waals surface area contributed by atoms with E-state index in [0.29, 0.717) is 23.8 Å². The summed E-state index contributed by atoms with van der Waals surface area (Å²) < 4.78 is 47.8. The van der Waals surface area contributed by atoms with E-state index in [1.807, 2.05) is 42.5 Å². The number of methoxy groups -OCH3 is 1. The lowest BCUT2D eigenvalue weighted by atomic mass is 10.0. The Morgan fingerprint density at radius 1 is 1.00 bits per heavy atom. The predicted octanol–water partition coefficient (Wildman–Crippen LogP) is 6.98. The third kappa shape index (κ3) is 9.43. The number of benzene rings is 3. The minimum atomic E-state index is -4.74. The van der Waals surface area contributed by atoms with Crippen LogP contribution in [0.4, 0.5) is 23.7 Å². The van der Waals surface area contributed by atoms with Gasteiger partial charge in [0.1, 0.15) is 17.8 Å². The second-order valence-corrected chi connectivity index (χ2v) is 10.6. The largest absolute Gasteiger partial charge is 0.573 e. The number of hydrogen-bond acceptors (Lipinski definition) is 6. The molecule has 4 aromatic rings. The van der Waals surface area contributed by atoms with Gasteiger partial charge >= 0.3 is 12.4 Å². The number of nitrogens with zero attached hydrogens (tertiary/aromatic N) is 3. The van der Waals surface area contributed by atoms with E-state index < -0.39 is 6.36 Å². The smallest absolute Gasteiger partial charge is 0.497 e. The molecule has 0 aliphatic heterocycles. The zero-order valence-electron chi connectivity index (χ0n) is 24.4. The van der Waals surface area contributed by atoms with Crippen LogP contribution in [0.2, 0.25) is 0 Å². The molecule has 232 valence electrons. The van der Waals surface area contributed by atoms with Gasteiger partial charge in [-0.1, -0.05) is 44.2 Å². The first-order chi connectivity index (χ1) is 21.0. The van der Waals surface area contributed by atoms with Crippen molar-refractivity contribution < 1.29 is 27.4 Å². The molecule has 1 aromatic heterocycles. The molecule has 0 atom stereocenters. The summed E-state index contributed by atoms with van der Waals surface area (Å²) in [4.78, 5) is 16.6. The third-order valence-corrected chi connectivity index (χ3v) is 6.78. The van der Waals surface area contributed by atoms with Crippen LogP contribution in [0.5, 0.6) is 11.5 Å². The number of alkyl halides is 3. The number of carbonyl (C=O) groups is 1. The molecule has 2 amide bonds. The Hall–Kier alpha value is -4.65. The van der Waals surface area contributed by atoms with Crippen LogP contribution in [-0.4, -0.2) is 45.9 Å². The number of unbranched alkanes of at least 4 members (excludes halogenated alkanes) is 1. The van der Waals surface area contributed by atoms with E-state index in [9.17, 15) is 18.0 Å². The average molecular weight is 627 g/mol. The standard InChI is InChI=1S/C31H33F3N6O3S/c1-20(2)26-16-15-25(42-3)18-27(26)37-30(44)38-29(41)35-17-5-4-6-21-7-9-22(10-8-21)28-36-19-40(39-28)23-11-13-24(14-12-23)43-31(32,33)34/h7-16,18-20H,4-6,17H2,1-3H3,(H3,35,37,38,41,44). The minimum absolute atomic E-state index is 0.200. The number of halogens is 3. The van der Waals surface area contributed by atoms with Crippen molar-refractivity contribution in [3.63, 3.8) is 0 Å². The van der Waals surface area contributed by atoms with Gasteiger partial charge in [-0.05, 0) is 78.9 Å². The van der Waals surface area contributed by atoms with E-state index in [-0.39, 0.29) is 22.8 Å². The molecule has 0 fully saturated rings. The molecule has 3 aromatic carbocycles. The van der Waals surface area contributed by atoms with Gasteiger partial charge in [-0.2, -0.15) is 0 Å². The molecule has 0 bridgehead atoms. The number of aromatic nitrogens is 3. The number of aryl methyl sites for hydroxylation is 1. The van der Waals surface area contributed by atoms with Crippen molar-refractivity contribution in [1.82, 2.24) is 25.4 Å². The van der Waals surface area contributed by atoms with Crippen molar-refractivity contribution in [2.45, 2.75) is 45.4 Å². The molecule has 3 N–H and O–H groups in total. The van der Waals surface area contributed by atoms with E-state index in [4.69, 9.17) is 17.0 Å². The topological polar surface area (TPSA) is 102 Å². The Labute approximate surface area is 258 Å². The maximum atomic E-state index is 12.4. The lowest BCUT2D eigenvalue weighted by molar-refractivity contribution is -0.274. The first-order valence-corrected chi connectivity index (χ1v) is 14.3. The van der Waals surface area contributed by atoms with Crippen LogP contribution in [0, 0.1) is 0 Å². The monoisotopic (exact) mass is 626 g/mol. The summed E-state index contributed by atoms with van der Waals surface area (Å²) in [5.74, 6) is 1.13. The summed E-state index contributed by atoms with van der Waals surface area (Å²) in [6, 6.07) is 18.5. The average Bonchev–Trinajstić information content (AvgIpc) is 3.47. The van der Waals surface area contributed by atoms with Gasteiger partial charge in [0, 0.05) is 23.9 Å². The number of thiocarbonyl (C=S) groups is 1. The normalized spacial score (nSPS) is 11.2. The molecular formula is C31H33F3N6O3S. The van der Waals surface area contributed by atoms with E-state index in [2.05, 4.69) is 44.6 Å². The molecule has 4 rings (SSSR count). The van der Waals surface area contributed by atoms with Crippen LogP contribution < -0.4 is 25.4 Å². The number of urea groups is 1. The van der Waals surface area contributed by atoms with Crippen molar-refractivity contribution in [1.29, 1.82) is 0 Å². The minimum Gasteiger partial charge on any atom is -0.497 e. The van der Waals surface area contributed by atoms with Crippen LogP contribution in [0.15, 0.2) is 73.1 Å². The van der Waals surface area contributed by atoms with Crippen molar-refractivity contribution in [3.8, 4) is 28.6 Å². The first kappa shape index (κ1) is 32.3. The second kappa shape index (κ2) is 14.7. The Morgan fingerprint density at radius 2 is 1.70 bits per heavy atom. The van der Waals surface area contributed by atoms with Crippen LogP contribution in [-0.2, 0) is 6.42 Å². The molecule has 44 heavy (non-hydrogen) atoms. The van der Waals surface area contributed by atoms with E-state index in [0.717, 1.165) is 41.6 Å². The predicted molar refractivity (Wildman–Crippen MR) is 166 cm³/mol. The maximum absolute atomic E-state index is 12.4. The fraction of sp³-hybridized carbons (Fsp3) is 0.290. The number of ether oxygens (including phenoxy) is 2. The van der Waals surface area contributed by atoms with E-state index in [1.165, 1.54) is 35.3 Å². The van der Waals surface area contributed by atoms with Gasteiger partial charge in [-0.3, -0.25) is 5.32 Å². The lowest BCUT2D eigenvalue weighted by Crippen LogP contribution is -2.42. The molecule has 9 nitrogen and oxygen atoms in total. The van der Waals surface area contributed by atoms with Gasteiger partial charge in [0.05, 0.1) is 12.8 Å². The van der Waals surface area contributed by atoms with E-state index >= 15 is 0 Å². The highest BCUT2D eigenvalue weighted by Gasteiger charge is 2.31. The highest BCUT2D eigenvalue weighted by atomic mass is 32.1. The Bertz CT molecular complexity index is 1560. The highest BCUT2D eigenvalue weighted by Crippen LogP contribution is 2.28. The van der Waals surface area contributed by atoms with Gasteiger partial charge in [-0.25, -0.2) is 14.5 Å². The first-order valence-electron chi connectivity index (χ1n) is 13.9. The molecule has 1 heterocycles. The summed E-state index contributed by atoms with van der Waals surface area (Å²) in [7, 11) is 1.60. The Kier molecular flexibility index (Phi) is 10.8. The van der Waals surface area contributed by atoms with Gasteiger partial charge in [0.2, 0.25) is 0 Å². The van der Waals surface area contributed by atoms with Crippen LogP contribution >= 0.6 is 12.2 Å². The van der Waals surface area contributed by atoms with Gasteiger partial charge in [0.25, 0.3) is 0 Å². The van der Waals surface area contributed by atoms with Crippen LogP contribution in [0.3, 0.4) is 0 Å². The molecule has 0 unspecified atom stereocenters. The number of carbonyl (C=O) groups excluding carboxylic acids is 1. The molecular weight excluding hydrogens is 593 g/mol. The zero-order chi connectivity index (χ0) is 31.7. The molecule has 0 saturated heterocycles. The summed E-state index contributed by atoms with van der Waals surface area (Å²) >= 11 is 5.32. The maximum Gasteiger partial charge on any atom is 0.573 e. The van der Waals surface area contributed by atoms with Crippen LogP contribution in [0.25, 0.3) is 17.1 Å². The fourth-order valence-corrected chi connectivity index (χ4v) is 4.57. The van der Waals surface area contributed by atoms with Crippen molar-refractivity contribution in [2.24, 2.45) is 0 Å². The number of hydrogen-bond donors (Lipinski definition) is 3. The van der Waals surface area contributed by atoms with Crippen molar-refractivity contribution >= 4 is 29.0 Å². The van der Waals surface area contributed by atoms with Gasteiger partial charge in [0.15, 0.2) is 10.9 Å². The number of amides is 2. The van der Waals surface area contributed by atoms with Crippen molar-refractivity contribution in [3.05, 3.63) is 84.2 Å². The quantitative estimate of drug-likeness (QED) is 0.122. The summed E-state index contributed by atoms with van der Waals surface area (Å²) in [5, 5.41) is 13.2. The lowest BCUT2D eigenvalue weighted by Gasteiger charge is -2.17. The molecule has 0 radical (unpaired) electrons. The zero-order valence-corrected chi connectivity index (χ0v) is 25.3. The third-order valence-electron chi connectivity index (χ3n) is 6.57.